The Bertz CT molecular complexity index is 2670. The van der Waals surface area contributed by atoms with Crippen LogP contribution in [-0.2, 0) is 32.9 Å². The number of hydrogen-bond donors (Lipinski definition) is 0. The van der Waals surface area contributed by atoms with E-state index in [0.717, 1.165) is 58.5 Å². The first kappa shape index (κ1) is 45.9. The molecular weight excluding hydrogens is 1100 g/mol. The Labute approximate surface area is 398 Å². The Morgan fingerprint density at radius 2 is 0.967 bits per heavy atom. The Morgan fingerprint density at radius 3 is 1.40 bits per heavy atom. The zero-order chi connectivity index (χ0) is 42.6. The fraction of sp³-hybridized carbons (Fsp3) is 0.250. The van der Waals surface area contributed by atoms with Gasteiger partial charge in [0.15, 0.2) is 10.3 Å². The standard InChI is InChI=1S/C20H18Br2ClN3O2S2.C20H18BrCl2N3O2S2/c21-15-3-1-2-14(10-15)11-17-13-29-20(24-17)25-6-8-26(9-7-25)30(27,28)19-5-4-16(22)12-18(19)23;21-15-3-6-19(18(23)12-15)30(27,28)26-9-7-25(8-10-26)20-24-17(13-29-20)11-14-1-4-16(22)5-2-14/h1-5,10,12-13H,6-9,11H2;1-6,12-13H,7-11H2. The summed E-state index contributed by atoms with van der Waals surface area (Å²) in [6.07, 6.45) is 1.51. The van der Waals surface area contributed by atoms with Crippen molar-refractivity contribution < 1.29 is 16.8 Å². The molecule has 2 saturated heterocycles. The number of piperazine rings is 2. The lowest BCUT2D eigenvalue weighted by Gasteiger charge is -2.34. The average Bonchev–Trinajstić information content (AvgIpc) is 3.89. The van der Waals surface area contributed by atoms with E-state index in [1.165, 1.54) is 20.2 Å². The number of thiazole rings is 2. The van der Waals surface area contributed by atoms with Gasteiger partial charge in [0.05, 0.1) is 21.4 Å². The van der Waals surface area contributed by atoms with E-state index in [1.807, 2.05) is 36.4 Å². The molecule has 2 fully saturated rings. The van der Waals surface area contributed by atoms with E-state index in [9.17, 15) is 16.8 Å². The number of aromatic nitrogens is 2. The van der Waals surface area contributed by atoms with E-state index in [1.54, 1.807) is 53.0 Å². The molecule has 4 heterocycles. The molecule has 4 aromatic carbocycles. The Kier molecular flexibility index (Phi) is 15.4. The number of nitrogens with zero attached hydrogens (tertiary/aromatic N) is 6. The first-order valence-electron chi connectivity index (χ1n) is 18.4. The molecule has 8 rings (SSSR count). The smallest absolute Gasteiger partial charge is 0.244 e. The van der Waals surface area contributed by atoms with Crippen molar-refractivity contribution in [2.45, 2.75) is 22.6 Å². The van der Waals surface area contributed by atoms with Gasteiger partial charge in [0, 0.05) is 94.4 Å². The van der Waals surface area contributed by atoms with Crippen LogP contribution in [0.15, 0.2) is 119 Å². The van der Waals surface area contributed by atoms with Gasteiger partial charge in [0.25, 0.3) is 0 Å². The lowest BCUT2D eigenvalue weighted by atomic mass is 10.1. The lowest BCUT2D eigenvalue weighted by molar-refractivity contribution is 0.384. The predicted octanol–water partition coefficient (Wildman–Crippen LogP) is 10.7. The average molecular weight is 1140 g/mol. The molecule has 0 amide bonds. The summed E-state index contributed by atoms with van der Waals surface area (Å²) in [4.78, 5) is 14.1. The summed E-state index contributed by atoms with van der Waals surface area (Å²) in [5.41, 5.74) is 4.36. The quantitative estimate of drug-likeness (QED) is 0.134. The third-order valence-corrected chi connectivity index (χ3v) is 18.1. The zero-order valence-electron chi connectivity index (χ0n) is 31.5. The number of rotatable bonds is 10. The second-order valence-corrected chi connectivity index (χ2v) is 23.3. The maximum Gasteiger partial charge on any atom is 0.244 e. The van der Waals surface area contributed by atoms with Gasteiger partial charge in [-0.3, -0.25) is 0 Å². The topological polar surface area (TPSA) is 107 Å². The monoisotopic (exact) mass is 1130 g/mol. The summed E-state index contributed by atoms with van der Waals surface area (Å²) >= 11 is 31.6. The fourth-order valence-electron chi connectivity index (χ4n) is 6.60. The van der Waals surface area contributed by atoms with Crippen LogP contribution in [0.5, 0.6) is 0 Å². The molecular formula is C40H36Br3Cl3N6O4S4. The van der Waals surface area contributed by atoms with Gasteiger partial charge < -0.3 is 9.80 Å². The normalized spacial score (nSPS) is 15.5. The summed E-state index contributed by atoms with van der Waals surface area (Å²) in [6.45, 7) is 3.93. The van der Waals surface area contributed by atoms with E-state index >= 15 is 0 Å². The highest BCUT2D eigenvalue weighted by Crippen LogP contribution is 2.32. The first-order chi connectivity index (χ1) is 28.6. The van der Waals surface area contributed by atoms with Crippen LogP contribution in [0.3, 0.4) is 0 Å². The molecule has 0 radical (unpaired) electrons. The Balaban J connectivity index is 0.000000181. The van der Waals surface area contributed by atoms with Crippen molar-refractivity contribution in [2.24, 2.45) is 0 Å². The van der Waals surface area contributed by atoms with E-state index in [-0.39, 0.29) is 19.8 Å². The minimum Gasteiger partial charge on any atom is -0.345 e. The molecule has 0 saturated carbocycles. The summed E-state index contributed by atoms with van der Waals surface area (Å²) in [6, 6.07) is 25.6. The largest absolute Gasteiger partial charge is 0.345 e. The van der Waals surface area contributed by atoms with Crippen molar-refractivity contribution in [2.75, 3.05) is 62.2 Å². The van der Waals surface area contributed by atoms with Crippen LogP contribution in [0, 0.1) is 0 Å². The van der Waals surface area contributed by atoms with Crippen molar-refractivity contribution in [3.05, 3.63) is 147 Å². The number of halogens is 6. The Morgan fingerprint density at radius 1 is 0.533 bits per heavy atom. The maximum atomic E-state index is 13.0. The van der Waals surface area contributed by atoms with Crippen molar-refractivity contribution in [3.8, 4) is 0 Å². The van der Waals surface area contributed by atoms with E-state index < -0.39 is 20.0 Å². The van der Waals surface area contributed by atoms with Gasteiger partial charge in [-0.05, 0) is 71.8 Å². The highest BCUT2D eigenvalue weighted by atomic mass is 79.9. The van der Waals surface area contributed by atoms with Crippen LogP contribution in [0.1, 0.15) is 22.5 Å². The van der Waals surface area contributed by atoms with E-state index in [4.69, 9.17) is 44.8 Å². The minimum absolute atomic E-state index is 0.139. The van der Waals surface area contributed by atoms with Gasteiger partial charge in [0.1, 0.15) is 9.79 Å². The predicted molar refractivity (Wildman–Crippen MR) is 256 cm³/mol. The summed E-state index contributed by atoms with van der Waals surface area (Å²) in [5.74, 6) is 0. The van der Waals surface area contributed by atoms with Gasteiger partial charge in [0.2, 0.25) is 20.0 Å². The molecule has 2 aliphatic heterocycles. The molecule has 2 aliphatic rings. The highest BCUT2D eigenvalue weighted by molar-refractivity contribution is 9.11. The van der Waals surface area contributed by atoms with Gasteiger partial charge in [-0.25, -0.2) is 26.8 Å². The summed E-state index contributed by atoms with van der Waals surface area (Å²) in [7, 11) is -7.25. The molecule has 0 aliphatic carbocycles. The molecule has 2 aromatic heterocycles. The molecule has 20 heteroatoms. The van der Waals surface area contributed by atoms with Crippen LogP contribution in [0.25, 0.3) is 0 Å². The molecule has 316 valence electrons. The van der Waals surface area contributed by atoms with Gasteiger partial charge in [-0.1, -0.05) is 107 Å². The number of anilines is 2. The van der Waals surface area contributed by atoms with Gasteiger partial charge in [-0.2, -0.15) is 8.61 Å². The summed E-state index contributed by atoms with van der Waals surface area (Å²) in [5, 5.41) is 7.13. The van der Waals surface area contributed by atoms with Gasteiger partial charge >= 0.3 is 0 Å². The molecule has 0 N–H and O–H groups in total. The van der Waals surface area contributed by atoms with Crippen LogP contribution in [0.4, 0.5) is 10.3 Å². The first-order valence-corrected chi connectivity index (χ1v) is 26.6. The van der Waals surface area contributed by atoms with Gasteiger partial charge in [-0.15, -0.1) is 22.7 Å². The molecule has 6 aromatic rings. The van der Waals surface area contributed by atoms with Crippen molar-refractivity contribution in [1.82, 2.24) is 18.6 Å². The van der Waals surface area contributed by atoms with Crippen LogP contribution in [0.2, 0.25) is 15.1 Å². The van der Waals surface area contributed by atoms with Crippen molar-refractivity contribution >= 4 is 136 Å². The maximum absolute atomic E-state index is 13.0. The summed E-state index contributed by atoms with van der Waals surface area (Å²) < 4.78 is 57.5. The second kappa shape index (κ2) is 20.1. The molecule has 0 unspecified atom stereocenters. The SMILES string of the molecule is O=S(=O)(c1ccc(Br)cc1Cl)N1CCN(c2nc(Cc3ccc(Cl)cc3)cs2)CC1.O=S(=O)(c1ccc(Br)cc1Cl)N1CCN(c2nc(Cc3cccc(Br)c3)cs2)CC1. The number of sulfonamides is 2. The molecule has 0 bridgehead atoms. The molecule has 0 atom stereocenters. The van der Waals surface area contributed by atoms with Crippen LogP contribution < -0.4 is 9.80 Å². The lowest BCUT2D eigenvalue weighted by Crippen LogP contribution is -2.48. The van der Waals surface area contributed by atoms with Crippen molar-refractivity contribution in [3.63, 3.8) is 0 Å². The van der Waals surface area contributed by atoms with Crippen LogP contribution in [-0.4, -0.2) is 87.8 Å². The third kappa shape index (κ3) is 11.3. The van der Waals surface area contributed by atoms with E-state index in [2.05, 4.69) is 80.5 Å². The Hall–Kier alpha value is -2.13. The third-order valence-electron chi connectivity index (χ3n) is 9.69. The second-order valence-electron chi connectivity index (χ2n) is 13.8. The molecule has 10 nitrogen and oxygen atoms in total. The minimum atomic E-state index is -3.63. The highest BCUT2D eigenvalue weighted by Gasteiger charge is 2.32. The fourth-order valence-corrected chi connectivity index (χ4v) is 13.8. The van der Waals surface area contributed by atoms with Crippen LogP contribution >= 0.6 is 105 Å². The van der Waals surface area contributed by atoms with E-state index in [0.29, 0.717) is 52.4 Å². The molecule has 0 spiro atoms. The van der Waals surface area contributed by atoms with Crippen molar-refractivity contribution in [1.29, 1.82) is 0 Å². The number of hydrogen-bond acceptors (Lipinski definition) is 10. The molecule has 60 heavy (non-hydrogen) atoms. The number of benzene rings is 4. The zero-order valence-corrected chi connectivity index (χ0v) is 41.8.